The quantitative estimate of drug-likeness (QED) is 0.265. The van der Waals surface area contributed by atoms with Crippen LogP contribution >= 0.6 is 38.9 Å². The molecule has 0 fully saturated rings. The van der Waals surface area contributed by atoms with Gasteiger partial charge in [-0.3, -0.25) is 0 Å². The Morgan fingerprint density at radius 1 is 1.53 bits per heavy atom. The fourth-order valence-corrected chi connectivity index (χ4v) is 2.79. The topological polar surface area (TPSA) is 34.1 Å². The van der Waals surface area contributed by atoms with Gasteiger partial charge >= 0.3 is 0 Å². The number of hydrogen-bond donors (Lipinski definition) is 0. The summed E-state index contributed by atoms with van der Waals surface area (Å²) in [6, 6.07) is 1.55. The smallest absolute Gasteiger partial charge is 0.0928 e. The Morgan fingerprint density at radius 3 is 2.40 bits per heavy atom. The van der Waals surface area contributed by atoms with Crippen molar-refractivity contribution in [2.45, 2.75) is 6.92 Å². The second-order valence-corrected chi connectivity index (χ2v) is 5.57. The van der Waals surface area contributed by atoms with Gasteiger partial charge in [0.15, 0.2) is 0 Å². The minimum atomic E-state index is -0.524. The number of rotatable bonds is 3. The zero-order valence-corrected chi connectivity index (χ0v) is 13.7. The Labute approximate surface area is 130 Å². The summed E-state index contributed by atoms with van der Waals surface area (Å²) in [5.74, 6) is -0.974. The van der Waals surface area contributed by atoms with Crippen molar-refractivity contribution in [3.05, 3.63) is 31.9 Å². The van der Waals surface area contributed by atoms with Crippen molar-refractivity contribution in [3.63, 3.8) is 0 Å². The molecule has 0 saturated heterocycles. The standard InChI is InChI=1S/C9H5BrClO2S.Y/c1-4(5(2)12)8(13)6-3-7(10)14-9(6)11;/h1,3H,2H3;/q-1;. The Morgan fingerprint density at radius 2 is 2.07 bits per heavy atom. The van der Waals surface area contributed by atoms with E-state index in [1.54, 1.807) is 6.07 Å². The van der Waals surface area contributed by atoms with Crippen LogP contribution in [0.5, 0.6) is 0 Å². The maximum atomic E-state index is 11.5. The number of Topliss-reactive ketones (excluding diaryl/α,β-unsaturated/α-hetero) is 2. The third kappa shape index (κ3) is 3.86. The zero-order valence-electron chi connectivity index (χ0n) is 7.71. The number of ketones is 2. The third-order valence-electron chi connectivity index (χ3n) is 1.53. The van der Waals surface area contributed by atoms with Crippen molar-refractivity contribution in [2.24, 2.45) is 0 Å². The maximum absolute atomic E-state index is 11.5. The van der Waals surface area contributed by atoms with E-state index >= 15 is 0 Å². The van der Waals surface area contributed by atoms with Crippen molar-refractivity contribution >= 4 is 50.4 Å². The zero-order chi connectivity index (χ0) is 10.9. The van der Waals surface area contributed by atoms with E-state index in [2.05, 4.69) is 15.9 Å². The number of thiophene rings is 1. The minimum absolute atomic E-state index is 0. The van der Waals surface area contributed by atoms with E-state index < -0.39 is 11.6 Å². The SMILES string of the molecule is [CH-]=C(C(C)=O)C(=O)c1cc(Br)sc1Cl.[Y]. The molecule has 1 rings (SSSR count). The van der Waals surface area contributed by atoms with Crippen LogP contribution in [0.1, 0.15) is 17.3 Å². The molecular weight excluding hydrogens is 376 g/mol. The molecule has 15 heavy (non-hydrogen) atoms. The van der Waals surface area contributed by atoms with E-state index in [9.17, 15) is 9.59 Å². The molecule has 1 aromatic rings. The van der Waals surface area contributed by atoms with Crippen molar-refractivity contribution in [2.75, 3.05) is 0 Å². The summed E-state index contributed by atoms with van der Waals surface area (Å²) >= 11 is 10.2. The number of carbonyl (C=O) groups excluding carboxylic acids is 2. The van der Waals surface area contributed by atoms with E-state index in [1.807, 2.05) is 0 Å². The molecule has 0 spiro atoms. The molecule has 0 amide bonds. The van der Waals surface area contributed by atoms with Gasteiger partial charge in [-0.05, 0) is 34.5 Å². The molecule has 77 valence electrons. The molecule has 0 unspecified atom stereocenters. The molecule has 0 aliphatic heterocycles. The van der Waals surface area contributed by atoms with E-state index in [1.165, 1.54) is 18.3 Å². The van der Waals surface area contributed by atoms with Crippen molar-refractivity contribution in [3.8, 4) is 0 Å². The summed E-state index contributed by atoms with van der Waals surface area (Å²) in [5, 5.41) is 0. The van der Waals surface area contributed by atoms with Gasteiger partial charge in [-0.2, -0.15) is 0 Å². The predicted molar refractivity (Wildman–Crippen MR) is 59.9 cm³/mol. The van der Waals surface area contributed by atoms with Crippen LogP contribution in [0.3, 0.4) is 0 Å². The number of halogens is 2. The molecule has 0 bridgehead atoms. The Kier molecular flexibility index (Phi) is 6.68. The fourth-order valence-electron chi connectivity index (χ4n) is 0.800. The first kappa shape index (κ1) is 15.7. The fraction of sp³-hybridized carbons (Fsp3) is 0.111. The van der Waals surface area contributed by atoms with Gasteiger partial charge in [0.2, 0.25) is 0 Å². The van der Waals surface area contributed by atoms with E-state index in [-0.39, 0.29) is 43.8 Å². The molecule has 0 aliphatic rings. The summed E-state index contributed by atoms with van der Waals surface area (Å²) < 4.78 is 1.05. The van der Waals surface area contributed by atoms with Gasteiger partial charge in [-0.15, -0.1) is 16.9 Å². The van der Waals surface area contributed by atoms with Gasteiger partial charge < -0.3 is 9.59 Å². The van der Waals surface area contributed by atoms with E-state index in [0.29, 0.717) is 4.34 Å². The molecule has 0 saturated carbocycles. The van der Waals surface area contributed by atoms with Gasteiger partial charge in [0.05, 0.1) is 13.9 Å². The summed E-state index contributed by atoms with van der Waals surface area (Å²) in [6.45, 7) is 6.56. The van der Waals surface area contributed by atoms with Crippen LogP contribution in [0, 0.1) is 6.58 Å². The maximum Gasteiger partial charge on any atom is 0.0928 e. The second kappa shape index (κ2) is 6.40. The summed E-state index contributed by atoms with van der Waals surface area (Å²) in [5.41, 5.74) is -0.0339. The molecule has 0 N–H and O–H groups in total. The van der Waals surface area contributed by atoms with Crippen LogP contribution in [0.4, 0.5) is 0 Å². The van der Waals surface area contributed by atoms with Gasteiger partial charge in [0, 0.05) is 38.5 Å². The molecule has 1 heterocycles. The molecule has 6 heteroatoms. The van der Waals surface area contributed by atoms with Gasteiger partial charge in [-0.25, -0.2) is 6.58 Å². The number of hydrogen-bond acceptors (Lipinski definition) is 3. The van der Waals surface area contributed by atoms with Crippen LogP contribution in [0.2, 0.25) is 4.34 Å². The largest absolute Gasteiger partial charge is 0.371 e. The van der Waals surface area contributed by atoms with E-state index in [4.69, 9.17) is 18.2 Å². The monoisotopic (exact) mass is 380 g/mol. The van der Waals surface area contributed by atoms with Gasteiger partial charge in [-0.1, -0.05) is 11.6 Å². The first-order valence-electron chi connectivity index (χ1n) is 3.56. The molecule has 0 aromatic carbocycles. The molecule has 2 nitrogen and oxygen atoms in total. The van der Waals surface area contributed by atoms with Crippen LogP contribution in [0.15, 0.2) is 15.4 Å². The van der Waals surface area contributed by atoms with Crippen LogP contribution in [0.25, 0.3) is 0 Å². The van der Waals surface area contributed by atoms with E-state index in [0.717, 1.165) is 3.79 Å². The van der Waals surface area contributed by atoms with Crippen molar-refractivity contribution < 1.29 is 42.3 Å². The van der Waals surface area contributed by atoms with Gasteiger partial charge in [0.1, 0.15) is 0 Å². The molecule has 1 radical (unpaired) electrons. The molecule has 1 aromatic heterocycles. The minimum Gasteiger partial charge on any atom is -0.371 e. The number of carbonyl (C=O) groups is 2. The average molecular weight is 381 g/mol. The average Bonchev–Trinajstić information content (AvgIpc) is 2.42. The summed E-state index contributed by atoms with van der Waals surface area (Å²) in [7, 11) is 0. The van der Waals surface area contributed by atoms with Gasteiger partial charge in [0.25, 0.3) is 0 Å². The van der Waals surface area contributed by atoms with Crippen LogP contribution in [-0.4, -0.2) is 11.6 Å². The Balaban J connectivity index is 0.00000196. The molecule has 0 aliphatic carbocycles. The Bertz CT molecular complexity index is 428. The summed E-state index contributed by atoms with van der Waals surface area (Å²) in [6.07, 6.45) is 0. The van der Waals surface area contributed by atoms with Crippen LogP contribution < -0.4 is 0 Å². The molecule has 0 atom stereocenters. The van der Waals surface area contributed by atoms with Crippen LogP contribution in [-0.2, 0) is 37.5 Å². The Hall–Kier alpha value is 0.654. The first-order chi connectivity index (χ1) is 6.43. The predicted octanol–water partition coefficient (Wildman–Crippen LogP) is 3.29. The third-order valence-corrected chi connectivity index (χ3v) is 3.39. The number of allylic oxidation sites excluding steroid dienone is 1. The molecular formula is C9H5BrClO2SY-. The summed E-state index contributed by atoms with van der Waals surface area (Å²) in [4.78, 5) is 22.4. The normalized spacial score (nSPS) is 9.27. The first-order valence-corrected chi connectivity index (χ1v) is 5.55. The van der Waals surface area contributed by atoms with Crippen molar-refractivity contribution in [1.82, 2.24) is 0 Å². The van der Waals surface area contributed by atoms with Crippen molar-refractivity contribution in [1.29, 1.82) is 0 Å². The second-order valence-electron chi connectivity index (χ2n) is 2.54.